The van der Waals surface area contributed by atoms with Gasteiger partial charge in [0.2, 0.25) is 0 Å². The number of aryl methyl sites for hydroxylation is 1. The van der Waals surface area contributed by atoms with Crippen molar-refractivity contribution < 1.29 is 19.0 Å². The number of amides is 1. The summed E-state index contributed by atoms with van der Waals surface area (Å²) in [6.45, 7) is 6.06. The Kier molecular flexibility index (Phi) is 6.34. The van der Waals surface area contributed by atoms with E-state index in [0.717, 1.165) is 48.0 Å². The van der Waals surface area contributed by atoms with Gasteiger partial charge in [-0.25, -0.2) is 14.8 Å². The van der Waals surface area contributed by atoms with Gasteiger partial charge in [0.1, 0.15) is 17.7 Å². The first-order valence-corrected chi connectivity index (χ1v) is 9.73. The fourth-order valence-electron chi connectivity index (χ4n) is 3.33. The molecule has 3 rings (SSSR count). The Morgan fingerprint density at radius 1 is 1.29 bits per heavy atom. The van der Waals surface area contributed by atoms with Crippen LogP contribution in [0.4, 0.5) is 4.79 Å². The summed E-state index contributed by atoms with van der Waals surface area (Å²) in [6, 6.07) is 5.83. The Balaban J connectivity index is 1.51. The normalized spacial score (nSPS) is 20.0. The summed E-state index contributed by atoms with van der Waals surface area (Å²) in [5.74, 6) is 0.800. The maximum Gasteiger partial charge on any atom is 0.407 e. The number of nitrogens with one attached hydrogen (secondary N) is 1. The fraction of sp³-hybridized carbons (Fsp3) is 0.571. The summed E-state index contributed by atoms with van der Waals surface area (Å²) in [6.07, 6.45) is 4.83. The molecular weight excluding hydrogens is 358 g/mol. The van der Waals surface area contributed by atoms with Crippen molar-refractivity contribution in [1.82, 2.24) is 15.3 Å². The molecule has 1 N–H and O–H groups in total. The number of benzene rings is 1. The van der Waals surface area contributed by atoms with Crippen LogP contribution in [-0.2, 0) is 15.9 Å². The van der Waals surface area contributed by atoms with Crippen molar-refractivity contribution in [2.45, 2.75) is 64.2 Å². The highest BCUT2D eigenvalue weighted by atomic mass is 16.6. The van der Waals surface area contributed by atoms with Crippen LogP contribution in [0.5, 0.6) is 5.75 Å². The molecule has 28 heavy (non-hydrogen) atoms. The van der Waals surface area contributed by atoms with E-state index in [-0.39, 0.29) is 18.2 Å². The summed E-state index contributed by atoms with van der Waals surface area (Å²) in [7, 11) is 1.65. The largest absolute Gasteiger partial charge is 0.497 e. The molecule has 0 saturated carbocycles. The number of carbonyl (C=O) groups excluding carboxylic acids is 1. The molecule has 0 spiro atoms. The molecule has 1 aliphatic rings. The number of fused-ring (bicyclic) bond motifs is 1. The van der Waals surface area contributed by atoms with Crippen LogP contribution in [0.2, 0.25) is 0 Å². The van der Waals surface area contributed by atoms with E-state index in [1.165, 1.54) is 0 Å². The predicted molar refractivity (Wildman–Crippen MR) is 107 cm³/mol. The molecule has 0 aliphatic carbocycles. The minimum atomic E-state index is -0.495. The van der Waals surface area contributed by atoms with Gasteiger partial charge in [0.05, 0.1) is 37.1 Å². The third-order valence-electron chi connectivity index (χ3n) is 4.72. The van der Waals surface area contributed by atoms with Gasteiger partial charge in [-0.1, -0.05) is 0 Å². The smallest absolute Gasteiger partial charge is 0.407 e. The Morgan fingerprint density at radius 3 is 2.79 bits per heavy atom. The fourth-order valence-corrected chi connectivity index (χ4v) is 3.33. The van der Waals surface area contributed by atoms with Crippen molar-refractivity contribution in [3.63, 3.8) is 0 Å². The van der Waals surface area contributed by atoms with Crippen molar-refractivity contribution in [3.05, 3.63) is 30.2 Å². The average molecular weight is 387 g/mol. The number of nitrogens with zero attached hydrogens (tertiary/aromatic N) is 2. The molecule has 1 fully saturated rings. The molecule has 1 aliphatic heterocycles. The second-order valence-corrected chi connectivity index (χ2v) is 8.12. The molecule has 2 unspecified atom stereocenters. The van der Waals surface area contributed by atoms with E-state index < -0.39 is 5.60 Å². The van der Waals surface area contributed by atoms with E-state index in [4.69, 9.17) is 14.2 Å². The first-order chi connectivity index (χ1) is 13.3. The van der Waals surface area contributed by atoms with Crippen LogP contribution in [0, 0.1) is 0 Å². The highest BCUT2D eigenvalue weighted by molar-refractivity contribution is 5.82. The molecule has 7 heteroatoms. The maximum absolute atomic E-state index is 11.9. The Morgan fingerprint density at radius 2 is 2.11 bits per heavy atom. The van der Waals surface area contributed by atoms with Crippen LogP contribution in [0.25, 0.3) is 10.9 Å². The minimum Gasteiger partial charge on any atom is -0.497 e. The summed E-state index contributed by atoms with van der Waals surface area (Å²) in [4.78, 5) is 20.7. The minimum absolute atomic E-state index is 0.00441. The van der Waals surface area contributed by atoms with Crippen LogP contribution >= 0.6 is 0 Å². The predicted octanol–water partition coefficient (Wildman–Crippen LogP) is 3.64. The zero-order valence-corrected chi connectivity index (χ0v) is 17.0. The van der Waals surface area contributed by atoms with Gasteiger partial charge in [-0.3, -0.25) is 0 Å². The van der Waals surface area contributed by atoms with Gasteiger partial charge >= 0.3 is 6.09 Å². The zero-order chi connectivity index (χ0) is 20.1. The van der Waals surface area contributed by atoms with Gasteiger partial charge < -0.3 is 19.5 Å². The zero-order valence-electron chi connectivity index (χ0n) is 17.0. The monoisotopic (exact) mass is 387 g/mol. The van der Waals surface area contributed by atoms with E-state index in [1.807, 2.05) is 39.0 Å². The Bertz CT molecular complexity index is 811. The third kappa shape index (κ3) is 5.55. The molecule has 7 nitrogen and oxygen atoms in total. The summed E-state index contributed by atoms with van der Waals surface area (Å²) in [5, 5.41) is 3.90. The molecule has 2 atom stereocenters. The van der Waals surface area contributed by atoms with Crippen LogP contribution in [0.15, 0.2) is 24.5 Å². The standard InChI is InChI=1S/C21H29N3O4/c1-21(2,3)28-20(25)24-14-5-6-15(27-12-14)7-9-18-17-11-16(26-4)8-10-19(17)23-13-22-18/h8,10-11,13-15H,5-7,9,12H2,1-4H3,(H,24,25). The number of hydrogen-bond acceptors (Lipinski definition) is 6. The Labute approximate surface area is 165 Å². The van der Waals surface area contributed by atoms with Gasteiger partial charge in [0.15, 0.2) is 0 Å². The first-order valence-electron chi connectivity index (χ1n) is 9.73. The van der Waals surface area contributed by atoms with Gasteiger partial charge in [-0.2, -0.15) is 0 Å². The molecule has 1 saturated heterocycles. The second-order valence-electron chi connectivity index (χ2n) is 8.12. The number of aromatic nitrogens is 2. The highest BCUT2D eigenvalue weighted by Crippen LogP contribution is 2.24. The second kappa shape index (κ2) is 8.73. The van der Waals surface area contributed by atoms with E-state index in [2.05, 4.69) is 15.3 Å². The van der Waals surface area contributed by atoms with Crippen molar-refractivity contribution in [2.75, 3.05) is 13.7 Å². The van der Waals surface area contributed by atoms with Gasteiger partial charge in [0, 0.05) is 5.39 Å². The number of methoxy groups -OCH3 is 1. The summed E-state index contributed by atoms with van der Waals surface area (Å²) in [5.41, 5.74) is 1.42. The quantitative estimate of drug-likeness (QED) is 0.843. The average Bonchev–Trinajstić information content (AvgIpc) is 2.65. The lowest BCUT2D eigenvalue weighted by atomic mass is 9.99. The lowest BCUT2D eigenvalue weighted by molar-refractivity contribution is -0.0114. The lowest BCUT2D eigenvalue weighted by Crippen LogP contribution is -2.44. The van der Waals surface area contributed by atoms with E-state index in [0.29, 0.717) is 6.61 Å². The highest BCUT2D eigenvalue weighted by Gasteiger charge is 2.25. The van der Waals surface area contributed by atoms with E-state index in [1.54, 1.807) is 13.4 Å². The van der Waals surface area contributed by atoms with Crippen molar-refractivity contribution in [1.29, 1.82) is 0 Å². The molecule has 152 valence electrons. The van der Waals surface area contributed by atoms with Crippen LogP contribution in [0.1, 0.15) is 45.7 Å². The number of rotatable bonds is 5. The van der Waals surface area contributed by atoms with Gasteiger partial charge in [-0.05, 0) is 64.7 Å². The van der Waals surface area contributed by atoms with Crippen molar-refractivity contribution in [3.8, 4) is 5.75 Å². The third-order valence-corrected chi connectivity index (χ3v) is 4.72. The summed E-state index contributed by atoms with van der Waals surface area (Å²) >= 11 is 0. The topological polar surface area (TPSA) is 82.6 Å². The Hall–Kier alpha value is -2.41. The molecule has 1 amide bonds. The summed E-state index contributed by atoms with van der Waals surface area (Å²) < 4.78 is 16.6. The van der Waals surface area contributed by atoms with Crippen LogP contribution < -0.4 is 10.1 Å². The number of ether oxygens (including phenoxy) is 3. The van der Waals surface area contributed by atoms with Crippen LogP contribution in [-0.4, -0.2) is 47.5 Å². The SMILES string of the molecule is COc1ccc2ncnc(CCC3CCC(NC(=O)OC(C)(C)C)CO3)c2c1. The van der Waals surface area contributed by atoms with Gasteiger partial charge in [-0.15, -0.1) is 0 Å². The molecule has 1 aromatic heterocycles. The van der Waals surface area contributed by atoms with Crippen molar-refractivity contribution in [2.24, 2.45) is 0 Å². The van der Waals surface area contributed by atoms with E-state index >= 15 is 0 Å². The molecule has 2 heterocycles. The van der Waals surface area contributed by atoms with Crippen LogP contribution in [0.3, 0.4) is 0 Å². The van der Waals surface area contributed by atoms with E-state index in [9.17, 15) is 4.79 Å². The maximum atomic E-state index is 11.9. The van der Waals surface area contributed by atoms with Crippen molar-refractivity contribution >= 4 is 17.0 Å². The molecular formula is C21H29N3O4. The molecule has 0 bridgehead atoms. The first kappa shape index (κ1) is 20.3. The number of alkyl carbamates (subject to hydrolysis) is 1. The molecule has 1 aromatic carbocycles. The van der Waals surface area contributed by atoms with Gasteiger partial charge in [0.25, 0.3) is 0 Å². The lowest BCUT2D eigenvalue weighted by Gasteiger charge is -2.30. The molecule has 0 radical (unpaired) electrons. The number of carbonyl (C=O) groups is 1. The molecule has 2 aromatic rings. The number of hydrogen-bond donors (Lipinski definition) is 1.